The first-order valence-corrected chi connectivity index (χ1v) is 9.51. The Balaban J connectivity index is 0.00000364. The Morgan fingerprint density at radius 1 is 1.15 bits per heavy atom. The van der Waals surface area contributed by atoms with Gasteiger partial charge in [-0.15, -0.1) is 24.0 Å². The molecule has 9 heteroatoms. The van der Waals surface area contributed by atoms with Gasteiger partial charge in [-0.2, -0.15) is 0 Å². The summed E-state index contributed by atoms with van der Waals surface area (Å²) in [5.74, 6) is 1.14. The molecule has 2 rings (SSSR count). The third-order valence-electron chi connectivity index (χ3n) is 4.52. The third-order valence-corrected chi connectivity index (χ3v) is 4.52. The molecule has 3 N–H and O–H groups in total. The van der Waals surface area contributed by atoms with Gasteiger partial charge in [-0.3, -0.25) is 9.79 Å². The lowest BCUT2D eigenvalue weighted by atomic mass is 9.85. The predicted molar refractivity (Wildman–Crippen MR) is 116 cm³/mol. The molecular weight excluding hydrogens is 461 g/mol. The lowest BCUT2D eigenvalue weighted by molar-refractivity contribution is -0.127. The van der Waals surface area contributed by atoms with Crippen molar-refractivity contribution in [2.24, 2.45) is 10.9 Å². The van der Waals surface area contributed by atoms with Crippen LogP contribution in [0, 0.1) is 5.92 Å². The number of aliphatic imine (C=N–C) groups is 1. The van der Waals surface area contributed by atoms with E-state index in [2.05, 4.69) is 20.9 Å². The van der Waals surface area contributed by atoms with E-state index >= 15 is 0 Å². The highest BCUT2D eigenvalue weighted by Crippen LogP contribution is 2.26. The van der Waals surface area contributed by atoms with Crippen LogP contribution in [0.25, 0.3) is 0 Å². The minimum atomic E-state index is -0.471. The van der Waals surface area contributed by atoms with E-state index in [9.17, 15) is 9.59 Å². The van der Waals surface area contributed by atoms with E-state index in [1.165, 1.54) is 6.42 Å². The van der Waals surface area contributed by atoms with Crippen molar-refractivity contribution >= 4 is 41.9 Å². The number of hydrogen-bond donors (Lipinski definition) is 3. The molecule has 0 aromatic heterocycles. The Labute approximate surface area is 179 Å². The molecule has 2 fully saturated rings. The van der Waals surface area contributed by atoms with Crippen molar-refractivity contribution < 1.29 is 14.3 Å². The number of likely N-dealkylation sites (tertiary alicyclic amines) is 1. The second-order valence-corrected chi connectivity index (χ2v) is 8.00. The largest absolute Gasteiger partial charge is 0.444 e. The summed E-state index contributed by atoms with van der Waals surface area (Å²) in [6.07, 6.45) is 3.80. The van der Waals surface area contributed by atoms with Gasteiger partial charge in [0.15, 0.2) is 5.96 Å². The lowest BCUT2D eigenvalue weighted by Gasteiger charge is -2.40. The summed E-state index contributed by atoms with van der Waals surface area (Å²) in [4.78, 5) is 29.5. The maximum absolute atomic E-state index is 11.9. The average Bonchev–Trinajstić information content (AvgIpc) is 2.44. The minimum absolute atomic E-state index is 0. The molecule has 0 unspecified atom stereocenters. The summed E-state index contributed by atoms with van der Waals surface area (Å²) in [5.41, 5.74) is -0.471. The van der Waals surface area contributed by atoms with Crippen molar-refractivity contribution in [1.82, 2.24) is 20.9 Å². The second kappa shape index (κ2) is 10.9. The van der Waals surface area contributed by atoms with Crippen LogP contribution < -0.4 is 16.0 Å². The predicted octanol–water partition coefficient (Wildman–Crippen LogP) is 1.70. The summed E-state index contributed by atoms with van der Waals surface area (Å²) < 4.78 is 5.34. The van der Waals surface area contributed by atoms with Gasteiger partial charge in [0, 0.05) is 39.1 Å². The van der Waals surface area contributed by atoms with Crippen LogP contribution in [0.1, 0.15) is 46.5 Å². The highest BCUT2D eigenvalue weighted by atomic mass is 127. The van der Waals surface area contributed by atoms with Crippen LogP contribution in [0.4, 0.5) is 4.79 Å². The molecule has 2 amide bonds. The fourth-order valence-corrected chi connectivity index (χ4v) is 2.75. The monoisotopic (exact) mass is 495 g/mol. The van der Waals surface area contributed by atoms with Crippen LogP contribution in [-0.4, -0.2) is 67.7 Å². The van der Waals surface area contributed by atoms with Crippen LogP contribution in [0.15, 0.2) is 4.99 Å². The van der Waals surface area contributed by atoms with E-state index in [-0.39, 0.29) is 47.9 Å². The van der Waals surface area contributed by atoms with E-state index in [1.807, 2.05) is 20.8 Å². The molecule has 1 heterocycles. The number of halogens is 1. The van der Waals surface area contributed by atoms with Crippen molar-refractivity contribution in [3.8, 4) is 0 Å². The van der Waals surface area contributed by atoms with E-state index in [4.69, 9.17) is 4.74 Å². The molecule has 8 nitrogen and oxygen atoms in total. The summed E-state index contributed by atoms with van der Waals surface area (Å²) in [5, 5.41) is 9.50. The van der Waals surface area contributed by atoms with Gasteiger partial charge in [0.1, 0.15) is 5.60 Å². The standard InChI is InChI=1S/C18H33N5O3.HI/c1-18(2,3)26-17(25)23-11-14(12-23)22-16(19-4)21-10-6-9-20-15(24)13-7-5-8-13;/h13-14H,5-12H2,1-4H3,(H,20,24)(H2,19,21,22);1H. The first-order valence-electron chi connectivity index (χ1n) is 9.51. The maximum atomic E-state index is 11.9. The summed E-state index contributed by atoms with van der Waals surface area (Å²) in [6, 6.07) is 0.173. The highest BCUT2D eigenvalue weighted by Gasteiger charge is 2.34. The third kappa shape index (κ3) is 8.10. The maximum Gasteiger partial charge on any atom is 0.410 e. The summed E-state index contributed by atoms with van der Waals surface area (Å²) >= 11 is 0. The van der Waals surface area contributed by atoms with Crippen molar-refractivity contribution in [1.29, 1.82) is 0 Å². The van der Waals surface area contributed by atoms with Crippen molar-refractivity contribution in [2.75, 3.05) is 33.2 Å². The van der Waals surface area contributed by atoms with Gasteiger partial charge >= 0.3 is 6.09 Å². The highest BCUT2D eigenvalue weighted by molar-refractivity contribution is 14.0. The fourth-order valence-electron chi connectivity index (χ4n) is 2.75. The number of rotatable bonds is 6. The first kappa shape index (κ1) is 23.8. The molecule has 0 spiro atoms. The Hall–Kier alpha value is -1.26. The van der Waals surface area contributed by atoms with Crippen LogP contribution in [-0.2, 0) is 9.53 Å². The van der Waals surface area contributed by atoms with Crippen LogP contribution in [0.2, 0.25) is 0 Å². The zero-order chi connectivity index (χ0) is 19.2. The molecule has 1 saturated carbocycles. The number of carbonyl (C=O) groups is 2. The van der Waals surface area contributed by atoms with Crippen molar-refractivity contribution in [3.05, 3.63) is 0 Å². The normalized spacial score (nSPS) is 17.9. The number of amides is 2. The van der Waals surface area contributed by atoms with Crippen molar-refractivity contribution in [3.63, 3.8) is 0 Å². The Kier molecular flexibility index (Phi) is 9.61. The average molecular weight is 495 g/mol. The van der Waals surface area contributed by atoms with Gasteiger partial charge in [-0.1, -0.05) is 6.42 Å². The first-order chi connectivity index (χ1) is 12.3. The van der Waals surface area contributed by atoms with E-state index in [0.717, 1.165) is 25.8 Å². The van der Waals surface area contributed by atoms with Gasteiger partial charge < -0.3 is 25.6 Å². The molecule has 0 radical (unpaired) electrons. The smallest absolute Gasteiger partial charge is 0.410 e. The second-order valence-electron chi connectivity index (χ2n) is 8.00. The number of carbonyl (C=O) groups excluding carboxylic acids is 2. The molecule has 1 saturated heterocycles. The molecule has 0 atom stereocenters. The summed E-state index contributed by atoms with van der Waals surface area (Å²) in [7, 11) is 1.72. The lowest BCUT2D eigenvalue weighted by Crippen LogP contribution is -2.63. The van der Waals surface area contributed by atoms with Crippen LogP contribution in [0.5, 0.6) is 0 Å². The topological polar surface area (TPSA) is 95.1 Å². The van der Waals surface area contributed by atoms with E-state index in [1.54, 1.807) is 11.9 Å². The number of guanidine groups is 1. The molecule has 1 aliphatic heterocycles. The van der Waals surface area contributed by atoms with Gasteiger partial charge in [-0.05, 0) is 40.0 Å². The molecule has 156 valence electrons. The molecule has 2 aliphatic rings. The summed E-state index contributed by atoms with van der Waals surface area (Å²) in [6.45, 7) is 8.20. The molecule has 27 heavy (non-hydrogen) atoms. The minimum Gasteiger partial charge on any atom is -0.444 e. The van der Waals surface area contributed by atoms with E-state index < -0.39 is 5.60 Å². The Morgan fingerprint density at radius 2 is 1.78 bits per heavy atom. The quantitative estimate of drug-likeness (QED) is 0.226. The van der Waals surface area contributed by atoms with Gasteiger partial charge in [0.2, 0.25) is 5.91 Å². The zero-order valence-corrected chi connectivity index (χ0v) is 19.2. The molecule has 0 aromatic rings. The van der Waals surface area contributed by atoms with Crippen molar-refractivity contribution in [2.45, 2.75) is 58.1 Å². The number of nitrogens with one attached hydrogen (secondary N) is 3. The van der Waals surface area contributed by atoms with Crippen LogP contribution >= 0.6 is 24.0 Å². The van der Waals surface area contributed by atoms with Crippen LogP contribution in [0.3, 0.4) is 0 Å². The molecular formula is C18H34IN5O3. The molecule has 1 aliphatic carbocycles. The van der Waals surface area contributed by atoms with Gasteiger partial charge in [0.25, 0.3) is 0 Å². The Morgan fingerprint density at radius 3 is 2.30 bits per heavy atom. The van der Waals surface area contributed by atoms with E-state index in [0.29, 0.717) is 25.6 Å². The molecule has 0 aromatic carbocycles. The Bertz CT molecular complexity index is 526. The zero-order valence-electron chi connectivity index (χ0n) is 16.8. The molecule has 0 bridgehead atoms. The fraction of sp³-hybridized carbons (Fsp3) is 0.833. The number of ether oxygens (including phenoxy) is 1. The SMILES string of the molecule is CN=C(NCCCNC(=O)C1CCC1)NC1CN(C(=O)OC(C)(C)C)C1.I. The number of hydrogen-bond acceptors (Lipinski definition) is 4. The van der Waals surface area contributed by atoms with Gasteiger partial charge in [-0.25, -0.2) is 4.79 Å². The number of nitrogens with zero attached hydrogens (tertiary/aromatic N) is 2. The van der Waals surface area contributed by atoms with Gasteiger partial charge in [0.05, 0.1) is 6.04 Å².